The molecule has 2 saturated heterocycles. The monoisotopic (exact) mass is 327 g/mol. The van der Waals surface area contributed by atoms with Crippen LogP contribution in [0.1, 0.15) is 48.9 Å². The molecule has 0 aromatic heterocycles. The molecule has 4 rings (SSSR count). The number of fused-ring (bicyclic) bond motifs is 1. The molecule has 0 unspecified atom stereocenters. The molecule has 2 heterocycles. The minimum atomic E-state index is -0.0325. The van der Waals surface area contributed by atoms with Crippen molar-refractivity contribution in [1.82, 2.24) is 10.2 Å². The predicted octanol–water partition coefficient (Wildman–Crippen LogP) is 2.39. The first kappa shape index (κ1) is 15.6. The summed E-state index contributed by atoms with van der Waals surface area (Å²) in [5, 5.41) is 6.13. The fraction of sp³-hybridized carbons (Fsp3) is 0.579. The van der Waals surface area contributed by atoms with Crippen LogP contribution >= 0.6 is 0 Å². The Morgan fingerprint density at radius 1 is 1.04 bits per heavy atom. The van der Waals surface area contributed by atoms with Gasteiger partial charge in [0, 0.05) is 35.8 Å². The fourth-order valence-electron chi connectivity index (χ4n) is 4.00. The Kier molecular flexibility index (Phi) is 4.27. The summed E-state index contributed by atoms with van der Waals surface area (Å²) in [5.74, 6) is 0.203. The van der Waals surface area contributed by atoms with Gasteiger partial charge in [-0.15, -0.1) is 0 Å². The van der Waals surface area contributed by atoms with Crippen LogP contribution in [0.3, 0.4) is 0 Å². The molecule has 2 aliphatic heterocycles. The van der Waals surface area contributed by atoms with Gasteiger partial charge in [-0.2, -0.15) is 0 Å². The van der Waals surface area contributed by atoms with E-state index >= 15 is 0 Å². The van der Waals surface area contributed by atoms with Crippen LogP contribution in [0.2, 0.25) is 0 Å². The number of anilines is 1. The number of benzene rings is 1. The average molecular weight is 327 g/mol. The van der Waals surface area contributed by atoms with Crippen LogP contribution < -0.4 is 10.6 Å². The molecule has 1 saturated carbocycles. The number of carbonyl (C=O) groups is 2. The largest absolute Gasteiger partial charge is 0.348 e. The second-order valence-corrected chi connectivity index (χ2v) is 7.31. The van der Waals surface area contributed by atoms with Gasteiger partial charge < -0.3 is 10.6 Å². The van der Waals surface area contributed by atoms with Gasteiger partial charge in [0.2, 0.25) is 5.91 Å². The lowest BCUT2D eigenvalue weighted by Gasteiger charge is -2.32. The number of hydrogen-bond donors (Lipinski definition) is 2. The lowest BCUT2D eigenvalue weighted by atomic mass is 9.99. The number of nitrogens with zero attached hydrogens (tertiary/aromatic N) is 1. The highest BCUT2D eigenvalue weighted by Crippen LogP contribution is 2.30. The number of nitrogens with one attached hydrogen (secondary N) is 2. The summed E-state index contributed by atoms with van der Waals surface area (Å²) < 4.78 is 0. The maximum absolute atomic E-state index is 12.6. The number of rotatable bonds is 4. The van der Waals surface area contributed by atoms with Gasteiger partial charge in [0.15, 0.2) is 0 Å². The molecule has 2 amide bonds. The van der Waals surface area contributed by atoms with Gasteiger partial charge in [-0.1, -0.05) is 12.5 Å². The van der Waals surface area contributed by atoms with Gasteiger partial charge in [-0.25, -0.2) is 0 Å². The normalized spacial score (nSPS) is 26.7. The minimum absolute atomic E-state index is 0.0325. The number of piperidine rings is 1. The second kappa shape index (κ2) is 6.55. The Morgan fingerprint density at radius 3 is 2.75 bits per heavy atom. The summed E-state index contributed by atoms with van der Waals surface area (Å²) >= 11 is 0. The van der Waals surface area contributed by atoms with Crippen LogP contribution in [0.25, 0.3) is 0 Å². The van der Waals surface area contributed by atoms with Crippen LogP contribution in [0.5, 0.6) is 0 Å². The van der Waals surface area contributed by atoms with Crippen LogP contribution in [0, 0.1) is 5.92 Å². The van der Waals surface area contributed by atoms with Gasteiger partial charge >= 0.3 is 0 Å². The SMILES string of the molecule is O=C(N[C@@H]1CCN2CCCC[C@H]12)c1cccc(NC(=O)C2CC2)c1. The van der Waals surface area contributed by atoms with Crippen molar-refractivity contribution < 1.29 is 9.59 Å². The van der Waals surface area contributed by atoms with E-state index in [1.807, 2.05) is 18.2 Å². The first-order valence-electron chi connectivity index (χ1n) is 9.16. The third kappa shape index (κ3) is 3.31. The number of hydrogen-bond acceptors (Lipinski definition) is 3. The van der Waals surface area contributed by atoms with E-state index in [1.54, 1.807) is 6.07 Å². The predicted molar refractivity (Wildman–Crippen MR) is 92.9 cm³/mol. The highest BCUT2D eigenvalue weighted by Gasteiger charge is 2.36. The molecule has 0 spiro atoms. The molecular weight excluding hydrogens is 302 g/mol. The summed E-state index contributed by atoms with van der Waals surface area (Å²) in [6, 6.07) is 8.02. The molecule has 128 valence electrons. The molecule has 0 radical (unpaired) electrons. The van der Waals surface area contributed by atoms with E-state index in [0.29, 0.717) is 17.3 Å². The average Bonchev–Trinajstić information content (AvgIpc) is 3.38. The van der Waals surface area contributed by atoms with Crippen LogP contribution in [-0.2, 0) is 4.79 Å². The van der Waals surface area contributed by atoms with E-state index in [0.717, 1.165) is 25.8 Å². The molecule has 3 aliphatic rings. The molecule has 3 fully saturated rings. The molecule has 2 atom stereocenters. The Bertz CT molecular complexity index is 641. The van der Waals surface area contributed by atoms with Crippen molar-refractivity contribution >= 4 is 17.5 Å². The highest BCUT2D eigenvalue weighted by atomic mass is 16.2. The topological polar surface area (TPSA) is 61.4 Å². The van der Waals surface area contributed by atoms with Crippen LogP contribution in [0.4, 0.5) is 5.69 Å². The Labute approximate surface area is 142 Å². The van der Waals surface area contributed by atoms with Gasteiger partial charge in [0.05, 0.1) is 0 Å². The van der Waals surface area contributed by atoms with Gasteiger partial charge in [-0.05, 0) is 56.8 Å². The zero-order valence-corrected chi connectivity index (χ0v) is 14.0. The minimum Gasteiger partial charge on any atom is -0.348 e. The zero-order valence-electron chi connectivity index (χ0n) is 14.0. The van der Waals surface area contributed by atoms with E-state index in [1.165, 1.54) is 25.8 Å². The quantitative estimate of drug-likeness (QED) is 0.893. The molecule has 2 N–H and O–H groups in total. The lowest BCUT2D eigenvalue weighted by molar-refractivity contribution is -0.117. The summed E-state index contributed by atoms with van der Waals surface area (Å²) in [6.45, 7) is 2.26. The van der Waals surface area contributed by atoms with Crippen LogP contribution in [-0.4, -0.2) is 41.9 Å². The molecule has 0 bridgehead atoms. The highest BCUT2D eigenvalue weighted by molar-refractivity contribution is 5.98. The summed E-state index contributed by atoms with van der Waals surface area (Å²) in [6.07, 6.45) is 6.71. The molecule has 1 aromatic rings. The van der Waals surface area contributed by atoms with Crippen molar-refractivity contribution in [1.29, 1.82) is 0 Å². The fourth-order valence-corrected chi connectivity index (χ4v) is 4.00. The molecule has 5 nitrogen and oxygen atoms in total. The molecule has 5 heteroatoms. The van der Waals surface area contributed by atoms with Crippen molar-refractivity contribution in [3.63, 3.8) is 0 Å². The van der Waals surface area contributed by atoms with Crippen molar-refractivity contribution in [3.8, 4) is 0 Å². The standard InChI is InChI=1S/C19H25N3O2/c23-18(13-7-8-13)20-15-5-3-4-14(12-15)19(24)21-16-9-11-22-10-2-1-6-17(16)22/h3-5,12-13,16-17H,1-2,6-11H2,(H,20,23)(H,21,24)/t16-,17-/m1/s1. The number of amides is 2. The maximum Gasteiger partial charge on any atom is 0.251 e. The summed E-state index contributed by atoms with van der Waals surface area (Å²) in [5.41, 5.74) is 1.34. The van der Waals surface area contributed by atoms with E-state index in [-0.39, 0.29) is 23.8 Å². The third-order valence-electron chi connectivity index (χ3n) is 5.51. The van der Waals surface area contributed by atoms with E-state index in [9.17, 15) is 9.59 Å². The van der Waals surface area contributed by atoms with Crippen molar-refractivity contribution in [2.45, 2.75) is 50.6 Å². The smallest absolute Gasteiger partial charge is 0.251 e. The third-order valence-corrected chi connectivity index (χ3v) is 5.51. The Balaban J connectivity index is 1.39. The second-order valence-electron chi connectivity index (χ2n) is 7.31. The van der Waals surface area contributed by atoms with Crippen LogP contribution in [0.15, 0.2) is 24.3 Å². The molecular formula is C19H25N3O2. The Hall–Kier alpha value is -1.88. The van der Waals surface area contributed by atoms with Crippen molar-refractivity contribution in [2.75, 3.05) is 18.4 Å². The first-order chi connectivity index (χ1) is 11.7. The van der Waals surface area contributed by atoms with Crippen molar-refractivity contribution in [3.05, 3.63) is 29.8 Å². The van der Waals surface area contributed by atoms with E-state index < -0.39 is 0 Å². The lowest BCUT2D eigenvalue weighted by Crippen LogP contribution is -2.46. The zero-order chi connectivity index (χ0) is 16.5. The molecule has 24 heavy (non-hydrogen) atoms. The maximum atomic E-state index is 12.6. The van der Waals surface area contributed by atoms with Gasteiger partial charge in [-0.3, -0.25) is 14.5 Å². The molecule has 1 aromatic carbocycles. The number of carbonyl (C=O) groups excluding carboxylic acids is 2. The van der Waals surface area contributed by atoms with Gasteiger partial charge in [0.25, 0.3) is 5.91 Å². The van der Waals surface area contributed by atoms with E-state index in [2.05, 4.69) is 15.5 Å². The summed E-state index contributed by atoms with van der Waals surface area (Å²) in [7, 11) is 0. The summed E-state index contributed by atoms with van der Waals surface area (Å²) in [4.78, 5) is 27.0. The van der Waals surface area contributed by atoms with E-state index in [4.69, 9.17) is 0 Å². The van der Waals surface area contributed by atoms with Gasteiger partial charge in [0.1, 0.15) is 0 Å². The Morgan fingerprint density at radius 2 is 1.92 bits per heavy atom. The molecule has 1 aliphatic carbocycles. The first-order valence-corrected chi connectivity index (χ1v) is 9.16. The van der Waals surface area contributed by atoms with Crippen molar-refractivity contribution in [2.24, 2.45) is 5.92 Å².